The Morgan fingerprint density at radius 1 is 1.12 bits per heavy atom. The van der Waals surface area contributed by atoms with Gasteiger partial charge in [-0.3, -0.25) is 4.79 Å². The van der Waals surface area contributed by atoms with Gasteiger partial charge in [0.25, 0.3) is 0 Å². The fraction of sp³-hybridized carbons (Fsp3) is 0.483. The van der Waals surface area contributed by atoms with E-state index < -0.39 is 47.2 Å². The topological polar surface area (TPSA) is 144 Å². The van der Waals surface area contributed by atoms with Crippen LogP contribution in [-0.4, -0.2) is 68.5 Å². The molecular formula is C29H36N4O7. The number of hydrogen-bond donors (Lipinski definition) is 2. The van der Waals surface area contributed by atoms with Crippen LogP contribution in [0.15, 0.2) is 40.9 Å². The van der Waals surface area contributed by atoms with Crippen molar-refractivity contribution >= 4 is 29.1 Å². The second-order valence-electron chi connectivity index (χ2n) is 12.1. The summed E-state index contributed by atoms with van der Waals surface area (Å²) in [5.74, 6) is -1.34. The van der Waals surface area contributed by atoms with Gasteiger partial charge < -0.3 is 29.3 Å². The fourth-order valence-electron chi connectivity index (χ4n) is 4.62. The molecule has 1 saturated heterocycles. The second kappa shape index (κ2) is 10.8. The number of nitrogens with zero attached hydrogens (tertiary/aromatic N) is 3. The number of aliphatic carboxylic acids is 1. The number of aromatic nitrogens is 2. The molecule has 0 saturated carbocycles. The summed E-state index contributed by atoms with van der Waals surface area (Å²) < 4.78 is 17.2. The summed E-state index contributed by atoms with van der Waals surface area (Å²) in [4.78, 5) is 44.5. The molecule has 0 bridgehead atoms. The van der Waals surface area contributed by atoms with Crippen molar-refractivity contribution in [2.45, 2.75) is 78.7 Å². The number of rotatable bonds is 6. The fourth-order valence-corrected chi connectivity index (χ4v) is 4.62. The Balaban J connectivity index is 1.62. The Kier molecular flexibility index (Phi) is 7.78. The normalized spacial score (nSPS) is 18.4. The Morgan fingerprint density at radius 2 is 1.80 bits per heavy atom. The van der Waals surface area contributed by atoms with E-state index in [-0.39, 0.29) is 13.0 Å². The highest BCUT2D eigenvalue weighted by Gasteiger charge is 2.46. The number of benzene rings is 1. The second-order valence-corrected chi connectivity index (χ2v) is 12.1. The third-order valence-electron chi connectivity index (χ3n) is 6.52. The van der Waals surface area contributed by atoms with Crippen molar-refractivity contribution in [2.24, 2.45) is 5.41 Å². The average molecular weight is 553 g/mol. The molecule has 3 aromatic rings. The standard InChI is InChI=1S/C29H36N4O7/c1-16-22-23(40-32-16)21(14-19(30-22)17-11-9-8-10-12-17)38-18-13-20(26(35)36)33(15-18)25(34)24(28(2,3)4)31-27(37)39-29(5,6)7/h8-12,14,18,20,24H,13,15H2,1-7H3,(H,31,37)(H,35,36)/t18-,20+,24-/m1/s1. The van der Waals surface area contributed by atoms with Crippen molar-refractivity contribution in [1.29, 1.82) is 0 Å². The molecule has 3 heterocycles. The number of carboxylic acid groups (broad SMARTS) is 1. The van der Waals surface area contributed by atoms with E-state index in [4.69, 9.17) is 14.0 Å². The highest BCUT2D eigenvalue weighted by molar-refractivity contribution is 5.90. The summed E-state index contributed by atoms with van der Waals surface area (Å²) in [6, 6.07) is 9.09. The Bertz CT molecular complexity index is 1410. The lowest BCUT2D eigenvalue weighted by atomic mass is 9.85. The zero-order chi connectivity index (χ0) is 29.4. The first-order valence-electron chi connectivity index (χ1n) is 13.2. The molecule has 1 aliphatic rings. The smallest absolute Gasteiger partial charge is 0.408 e. The van der Waals surface area contributed by atoms with Crippen LogP contribution in [0.4, 0.5) is 4.79 Å². The molecule has 40 heavy (non-hydrogen) atoms. The van der Waals surface area contributed by atoms with Crippen molar-refractivity contribution in [3.05, 3.63) is 42.1 Å². The summed E-state index contributed by atoms with van der Waals surface area (Å²) in [7, 11) is 0. The molecule has 1 aromatic carbocycles. The zero-order valence-electron chi connectivity index (χ0n) is 23.8. The maximum atomic E-state index is 13.8. The van der Waals surface area contributed by atoms with Gasteiger partial charge in [-0.2, -0.15) is 0 Å². The molecule has 2 aromatic heterocycles. The molecule has 2 amide bonds. The predicted octanol–water partition coefficient (Wildman–Crippen LogP) is 4.57. The van der Waals surface area contributed by atoms with Gasteiger partial charge in [0.05, 0.1) is 12.2 Å². The molecule has 0 unspecified atom stereocenters. The molecule has 4 rings (SSSR count). The molecule has 3 atom stereocenters. The van der Waals surface area contributed by atoms with Crippen LogP contribution in [0.2, 0.25) is 0 Å². The number of nitrogens with one attached hydrogen (secondary N) is 1. The molecule has 0 aliphatic carbocycles. The minimum atomic E-state index is -1.16. The van der Waals surface area contributed by atoms with Gasteiger partial charge in [-0.15, -0.1) is 0 Å². The number of amides is 2. The van der Waals surface area contributed by atoms with E-state index in [0.717, 1.165) is 5.56 Å². The van der Waals surface area contributed by atoms with Crippen molar-refractivity contribution < 1.29 is 33.5 Å². The number of carbonyl (C=O) groups is 3. The number of hydrogen-bond acceptors (Lipinski definition) is 8. The van der Waals surface area contributed by atoms with Gasteiger partial charge in [0.15, 0.2) is 5.75 Å². The lowest BCUT2D eigenvalue weighted by Gasteiger charge is -2.35. The summed E-state index contributed by atoms with van der Waals surface area (Å²) in [5, 5.41) is 16.7. The van der Waals surface area contributed by atoms with Gasteiger partial charge in [-0.1, -0.05) is 56.3 Å². The molecule has 2 N–H and O–H groups in total. The lowest BCUT2D eigenvalue weighted by molar-refractivity contribution is -0.150. The lowest BCUT2D eigenvalue weighted by Crippen LogP contribution is -2.57. The Morgan fingerprint density at radius 3 is 2.40 bits per heavy atom. The molecule has 214 valence electrons. The van der Waals surface area contributed by atoms with Crippen LogP contribution in [0, 0.1) is 12.3 Å². The maximum absolute atomic E-state index is 13.8. The number of carbonyl (C=O) groups excluding carboxylic acids is 2. The first-order valence-corrected chi connectivity index (χ1v) is 13.2. The summed E-state index contributed by atoms with van der Waals surface area (Å²) in [6.45, 7) is 12.3. The number of alkyl carbamates (subject to hydrolysis) is 1. The van der Waals surface area contributed by atoms with Crippen LogP contribution >= 0.6 is 0 Å². The highest BCUT2D eigenvalue weighted by Crippen LogP contribution is 2.34. The van der Waals surface area contributed by atoms with Gasteiger partial charge in [0.1, 0.15) is 35.0 Å². The summed E-state index contributed by atoms with van der Waals surface area (Å²) in [5.41, 5.74) is 1.48. The third-order valence-corrected chi connectivity index (χ3v) is 6.52. The molecule has 11 nitrogen and oxygen atoms in total. The van der Waals surface area contributed by atoms with Gasteiger partial charge in [0, 0.05) is 18.1 Å². The maximum Gasteiger partial charge on any atom is 0.408 e. The molecule has 1 aliphatic heterocycles. The van der Waals surface area contributed by atoms with Gasteiger partial charge in [0.2, 0.25) is 11.5 Å². The number of carboxylic acids is 1. The molecular weight excluding hydrogens is 516 g/mol. The molecule has 1 fully saturated rings. The van der Waals surface area contributed by atoms with E-state index in [9.17, 15) is 19.5 Å². The first kappa shape index (κ1) is 28.8. The number of pyridine rings is 1. The van der Waals surface area contributed by atoms with Crippen LogP contribution in [0.25, 0.3) is 22.4 Å². The van der Waals surface area contributed by atoms with E-state index in [2.05, 4.69) is 15.5 Å². The van der Waals surface area contributed by atoms with Crippen molar-refractivity contribution in [3.8, 4) is 17.0 Å². The zero-order valence-corrected chi connectivity index (χ0v) is 23.8. The number of ether oxygens (including phenoxy) is 2. The number of aryl methyl sites for hydroxylation is 1. The quantitative estimate of drug-likeness (QED) is 0.449. The van der Waals surface area contributed by atoms with Crippen LogP contribution in [-0.2, 0) is 14.3 Å². The predicted molar refractivity (Wildman–Crippen MR) is 147 cm³/mol. The highest BCUT2D eigenvalue weighted by atomic mass is 16.6. The SMILES string of the molecule is Cc1noc2c(O[C@@H]3C[C@@H](C(=O)O)N(C(=O)[C@@H](NC(=O)OC(C)(C)C)C(C)(C)C)C3)cc(-c3ccccc3)nc12. The summed E-state index contributed by atoms with van der Waals surface area (Å²) in [6.07, 6.45) is -1.37. The van der Waals surface area contributed by atoms with Crippen molar-refractivity contribution in [2.75, 3.05) is 6.54 Å². The monoisotopic (exact) mass is 552 g/mol. The van der Waals surface area contributed by atoms with Crippen LogP contribution < -0.4 is 10.1 Å². The largest absolute Gasteiger partial charge is 0.484 e. The Labute approximate surface area is 232 Å². The summed E-state index contributed by atoms with van der Waals surface area (Å²) >= 11 is 0. The Hall–Kier alpha value is -4.15. The van der Waals surface area contributed by atoms with E-state index in [0.29, 0.717) is 28.2 Å². The van der Waals surface area contributed by atoms with Crippen LogP contribution in [0.3, 0.4) is 0 Å². The molecule has 11 heteroatoms. The van der Waals surface area contributed by atoms with Gasteiger partial charge in [-0.25, -0.2) is 14.6 Å². The number of likely N-dealkylation sites (tertiary alicyclic amines) is 1. The third kappa shape index (κ3) is 6.35. The first-order chi connectivity index (χ1) is 18.6. The minimum Gasteiger partial charge on any atom is -0.484 e. The van der Waals surface area contributed by atoms with Gasteiger partial charge >= 0.3 is 12.1 Å². The molecule has 0 radical (unpaired) electrons. The van der Waals surface area contributed by atoms with Gasteiger partial charge in [-0.05, 0) is 33.1 Å². The van der Waals surface area contributed by atoms with Crippen LogP contribution in [0.1, 0.15) is 53.7 Å². The molecule has 0 spiro atoms. The van der Waals surface area contributed by atoms with E-state index in [1.807, 2.05) is 30.3 Å². The van der Waals surface area contributed by atoms with E-state index >= 15 is 0 Å². The van der Waals surface area contributed by atoms with Crippen LogP contribution in [0.5, 0.6) is 5.75 Å². The minimum absolute atomic E-state index is 0.00398. The average Bonchev–Trinajstić information content (AvgIpc) is 3.45. The van der Waals surface area contributed by atoms with E-state index in [1.54, 1.807) is 54.5 Å². The van der Waals surface area contributed by atoms with Crippen molar-refractivity contribution in [3.63, 3.8) is 0 Å². The van der Waals surface area contributed by atoms with E-state index in [1.165, 1.54) is 4.90 Å². The van der Waals surface area contributed by atoms with Crippen molar-refractivity contribution in [1.82, 2.24) is 20.4 Å². The number of fused-ring (bicyclic) bond motifs is 1.